The van der Waals surface area contributed by atoms with E-state index < -0.39 is 11.9 Å². The number of nitrogens with one attached hydrogen (secondary N) is 1. The molecule has 0 unspecified atom stereocenters. The summed E-state index contributed by atoms with van der Waals surface area (Å²) in [4.78, 5) is 3.26. The van der Waals surface area contributed by atoms with Gasteiger partial charge in [-0.1, -0.05) is 29.3 Å². The summed E-state index contributed by atoms with van der Waals surface area (Å²) in [7, 11) is 1.49. The van der Waals surface area contributed by atoms with E-state index in [0.717, 1.165) is 28.2 Å². The molecule has 3 nitrogen and oxygen atoms in total. The van der Waals surface area contributed by atoms with E-state index in [1.54, 1.807) is 18.2 Å². The molecule has 2 aromatic carbocycles. The molecule has 27 heavy (non-hydrogen) atoms. The molecule has 0 aliphatic heterocycles. The SMILES string of the molecule is Cn1nc(C(F)(F)F)cc1-c1ccc2[nH]c(-c3ccc(Cl)cc3Cl)cc2c1. The molecule has 0 fully saturated rings. The maximum atomic E-state index is 12.9. The molecule has 0 aliphatic rings. The van der Waals surface area contributed by atoms with Crippen LogP contribution in [-0.4, -0.2) is 14.8 Å². The summed E-state index contributed by atoms with van der Waals surface area (Å²) in [5, 5.41) is 5.47. The fourth-order valence-corrected chi connectivity index (χ4v) is 3.53. The van der Waals surface area contributed by atoms with E-state index in [9.17, 15) is 13.2 Å². The Bertz CT molecular complexity index is 1160. The molecule has 138 valence electrons. The first-order valence-corrected chi connectivity index (χ1v) is 8.68. The number of alkyl halides is 3. The van der Waals surface area contributed by atoms with Gasteiger partial charge in [0.15, 0.2) is 5.69 Å². The monoisotopic (exact) mass is 409 g/mol. The molecule has 0 saturated heterocycles. The van der Waals surface area contributed by atoms with Crippen LogP contribution in [0.2, 0.25) is 10.0 Å². The maximum absolute atomic E-state index is 12.9. The van der Waals surface area contributed by atoms with Gasteiger partial charge >= 0.3 is 6.18 Å². The standard InChI is InChI=1S/C19H12Cl2F3N3/c1-27-17(9-18(26-27)19(22,23)24)10-2-5-15-11(6-10)7-16(25-15)13-4-3-12(20)8-14(13)21/h2-9,25H,1H3. The van der Waals surface area contributed by atoms with Crippen LogP contribution in [0.4, 0.5) is 13.2 Å². The first-order valence-electron chi connectivity index (χ1n) is 7.92. The van der Waals surface area contributed by atoms with Crippen LogP contribution in [0.25, 0.3) is 33.4 Å². The Hall–Kier alpha value is -2.44. The Morgan fingerprint density at radius 2 is 1.78 bits per heavy atom. The molecular formula is C19H12Cl2F3N3. The first-order chi connectivity index (χ1) is 12.7. The number of aromatic amines is 1. The van der Waals surface area contributed by atoms with Gasteiger partial charge in [0.1, 0.15) is 0 Å². The summed E-state index contributed by atoms with van der Waals surface area (Å²) in [5.41, 5.74) is 2.54. The molecule has 2 heterocycles. The number of benzene rings is 2. The minimum Gasteiger partial charge on any atom is -0.354 e. The molecule has 0 aliphatic carbocycles. The van der Waals surface area contributed by atoms with Gasteiger partial charge < -0.3 is 4.98 Å². The Balaban J connectivity index is 1.79. The van der Waals surface area contributed by atoms with Gasteiger partial charge in [0.25, 0.3) is 0 Å². The third-order valence-corrected chi connectivity index (χ3v) is 4.86. The molecule has 0 saturated carbocycles. The summed E-state index contributed by atoms with van der Waals surface area (Å²) in [6.45, 7) is 0. The lowest BCUT2D eigenvalue weighted by atomic mass is 10.1. The van der Waals surface area contributed by atoms with E-state index in [-0.39, 0.29) is 0 Å². The van der Waals surface area contributed by atoms with E-state index in [2.05, 4.69) is 10.1 Å². The van der Waals surface area contributed by atoms with Crippen molar-refractivity contribution in [2.45, 2.75) is 6.18 Å². The number of H-pyrrole nitrogens is 1. The van der Waals surface area contributed by atoms with Crippen molar-refractivity contribution >= 4 is 34.1 Å². The summed E-state index contributed by atoms with van der Waals surface area (Å²) < 4.78 is 39.9. The highest BCUT2D eigenvalue weighted by atomic mass is 35.5. The van der Waals surface area contributed by atoms with Gasteiger partial charge in [-0.3, -0.25) is 4.68 Å². The van der Waals surface area contributed by atoms with E-state index in [0.29, 0.717) is 21.3 Å². The second-order valence-corrected chi connectivity index (χ2v) is 6.99. The number of nitrogens with zero attached hydrogens (tertiary/aromatic N) is 2. The number of hydrogen-bond donors (Lipinski definition) is 1. The zero-order valence-electron chi connectivity index (χ0n) is 13.9. The Morgan fingerprint density at radius 3 is 2.44 bits per heavy atom. The van der Waals surface area contributed by atoms with Gasteiger partial charge in [-0.2, -0.15) is 18.3 Å². The Labute approximate surface area is 162 Å². The molecule has 0 spiro atoms. The van der Waals surface area contributed by atoms with Crippen molar-refractivity contribution in [2.75, 3.05) is 0 Å². The summed E-state index contributed by atoms with van der Waals surface area (Å²) >= 11 is 12.2. The van der Waals surface area contributed by atoms with Crippen LogP contribution in [0, 0.1) is 0 Å². The molecule has 0 bridgehead atoms. The van der Waals surface area contributed by atoms with Gasteiger partial charge in [-0.05, 0) is 42.5 Å². The number of fused-ring (bicyclic) bond motifs is 1. The van der Waals surface area contributed by atoms with Crippen molar-refractivity contribution in [1.29, 1.82) is 0 Å². The highest BCUT2D eigenvalue weighted by molar-refractivity contribution is 6.36. The number of rotatable bonds is 2. The molecule has 0 amide bonds. The smallest absolute Gasteiger partial charge is 0.354 e. The quantitative estimate of drug-likeness (QED) is 0.399. The lowest BCUT2D eigenvalue weighted by Gasteiger charge is -2.01. The minimum atomic E-state index is -4.48. The van der Waals surface area contributed by atoms with Crippen molar-refractivity contribution in [3.05, 3.63) is 64.3 Å². The van der Waals surface area contributed by atoms with Crippen LogP contribution in [0.5, 0.6) is 0 Å². The molecule has 4 rings (SSSR count). The van der Waals surface area contributed by atoms with Crippen LogP contribution < -0.4 is 0 Å². The first kappa shape index (κ1) is 17.9. The highest BCUT2D eigenvalue weighted by Gasteiger charge is 2.34. The molecule has 0 radical (unpaired) electrons. The zero-order chi connectivity index (χ0) is 19.3. The number of hydrogen-bond acceptors (Lipinski definition) is 1. The fraction of sp³-hybridized carbons (Fsp3) is 0.105. The molecule has 8 heteroatoms. The second kappa shape index (κ2) is 6.32. The second-order valence-electron chi connectivity index (χ2n) is 6.15. The average molecular weight is 410 g/mol. The number of aryl methyl sites for hydroxylation is 1. The maximum Gasteiger partial charge on any atom is 0.435 e. The van der Waals surface area contributed by atoms with Gasteiger partial charge in [0.05, 0.1) is 10.7 Å². The van der Waals surface area contributed by atoms with Crippen LogP contribution in [0.15, 0.2) is 48.5 Å². The van der Waals surface area contributed by atoms with Crippen LogP contribution in [0.1, 0.15) is 5.69 Å². The van der Waals surface area contributed by atoms with Crippen molar-refractivity contribution in [3.63, 3.8) is 0 Å². The largest absolute Gasteiger partial charge is 0.435 e. The molecular weight excluding hydrogens is 398 g/mol. The van der Waals surface area contributed by atoms with E-state index in [1.165, 1.54) is 11.7 Å². The van der Waals surface area contributed by atoms with Gasteiger partial charge in [-0.15, -0.1) is 0 Å². The topological polar surface area (TPSA) is 33.6 Å². The zero-order valence-corrected chi connectivity index (χ0v) is 15.4. The minimum absolute atomic E-state index is 0.386. The Morgan fingerprint density at radius 1 is 1.00 bits per heavy atom. The number of aromatic nitrogens is 3. The molecule has 0 atom stereocenters. The Kier molecular flexibility index (Phi) is 4.20. The summed E-state index contributed by atoms with van der Waals surface area (Å²) in [6, 6.07) is 13.5. The molecule has 2 aromatic heterocycles. The lowest BCUT2D eigenvalue weighted by molar-refractivity contribution is -0.141. The van der Waals surface area contributed by atoms with Crippen molar-refractivity contribution in [2.24, 2.45) is 7.05 Å². The molecule has 1 N–H and O–H groups in total. The fourth-order valence-electron chi connectivity index (χ4n) is 3.02. The van der Waals surface area contributed by atoms with Crippen LogP contribution in [-0.2, 0) is 13.2 Å². The van der Waals surface area contributed by atoms with Gasteiger partial charge in [0.2, 0.25) is 0 Å². The van der Waals surface area contributed by atoms with Crippen molar-refractivity contribution in [3.8, 4) is 22.5 Å². The molecule has 4 aromatic rings. The van der Waals surface area contributed by atoms with Crippen LogP contribution in [0.3, 0.4) is 0 Å². The summed E-state index contributed by atoms with van der Waals surface area (Å²) in [6.07, 6.45) is -4.48. The van der Waals surface area contributed by atoms with Gasteiger partial charge in [0, 0.05) is 39.8 Å². The average Bonchev–Trinajstić information content (AvgIpc) is 3.17. The predicted octanol–water partition coefficient (Wildman–Crippen LogP) is 6.56. The number of halogens is 5. The van der Waals surface area contributed by atoms with E-state index in [1.807, 2.05) is 24.3 Å². The van der Waals surface area contributed by atoms with Crippen molar-refractivity contribution < 1.29 is 13.2 Å². The summed E-state index contributed by atoms with van der Waals surface area (Å²) in [5.74, 6) is 0. The van der Waals surface area contributed by atoms with Crippen LogP contribution >= 0.6 is 23.2 Å². The third-order valence-electron chi connectivity index (χ3n) is 4.31. The van der Waals surface area contributed by atoms with Crippen molar-refractivity contribution in [1.82, 2.24) is 14.8 Å². The van der Waals surface area contributed by atoms with E-state index >= 15 is 0 Å². The third kappa shape index (κ3) is 3.31. The van der Waals surface area contributed by atoms with E-state index in [4.69, 9.17) is 23.2 Å². The normalized spacial score (nSPS) is 12.1. The van der Waals surface area contributed by atoms with Gasteiger partial charge in [-0.25, -0.2) is 0 Å². The lowest BCUT2D eigenvalue weighted by Crippen LogP contribution is -2.06. The highest BCUT2D eigenvalue weighted by Crippen LogP contribution is 2.35. The predicted molar refractivity (Wildman–Crippen MR) is 101 cm³/mol.